The SMILES string of the molecule is CCCCN1C(=NC#N)N(CCCC)[C@H](Cc2ccccc2)[C@H](O)[C@@H](O)[C@H]1Cc1ccccc1. The van der Waals surface area contributed by atoms with E-state index in [-0.39, 0.29) is 12.1 Å². The van der Waals surface area contributed by atoms with Crippen LogP contribution in [0.3, 0.4) is 0 Å². The molecule has 1 fully saturated rings. The molecule has 1 heterocycles. The van der Waals surface area contributed by atoms with E-state index >= 15 is 0 Å². The van der Waals surface area contributed by atoms with Gasteiger partial charge in [0.25, 0.3) is 0 Å². The number of benzene rings is 2. The van der Waals surface area contributed by atoms with Gasteiger partial charge in [-0.25, -0.2) is 0 Å². The summed E-state index contributed by atoms with van der Waals surface area (Å²) in [5, 5.41) is 32.8. The fourth-order valence-electron chi connectivity index (χ4n) is 4.82. The molecule has 0 unspecified atom stereocenters. The molecule has 0 amide bonds. The Morgan fingerprint density at radius 1 is 0.765 bits per heavy atom. The van der Waals surface area contributed by atoms with Gasteiger partial charge in [0.1, 0.15) is 12.2 Å². The van der Waals surface area contributed by atoms with Crippen molar-refractivity contribution in [2.24, 2.45) is 4.99 Å². The molecule has 2 N–H and O–H groups in total. The maximum Gasteiger partial charge on any atom is 0.213 e. The molecule has 182 valence electrons. The van der Waals surface area contributed by atoms with Crippen LogP contribution in [0, 0.1) is 11.5 Å². The Kier molecular flexibility index (Phi) is 9.93. The topological polar surface area (TPSA) is 83.1 Å². The van der Waals surface area contributed by atoms with E-state index in [0.717, 1.165) is 36.8 Å². The maximum absolute atomic E-state index is 11.6. The molecule has 0 aliphatic carbocycles. The second-order valence-corrected chi connectivity index (χ2v) is 9.10. The Morgan fingerprint density at radius 2 is 1.18 bits per heavy atom. The van der Waals surface area contributed by atoms with Crippen molar-refractivity contribution in [2.75, 3.05) is 13.1 Å². The number of rotatable bonds is 10. The summed E-state index contributed by atoms with van der Waals surface area (Å²) >= 11 is 0. The summed E-state index contributed by atoms with van der Waals surface area (Å²) in [6.45, 7) is 5.59. The number of unbranched alkanes of at least 4 members (excludes halogenated alkanes) is 2. The zero-order valence-electron chi connectivity index (χ0n) is 20.4. The van der Waals surface area contributed by atoms with E-state index in [4.69, 9.17) is 0 Å². The molecule has 34 heavy (non-hydrogen) atoms. The molecule has 6 nitrogen and oxygen atoms in total. The molecule has 1 aliphatic rings. The van der Waals surface area contributed by atoms with E-state index < -0.39 is 12.2 Å². The van der Waals surface area contributed by atoms with Crippen LogP contribution in [0.1, 0.15) is 50.7 Å². The molecule has 0 spiro atoms. The first kappa shape index (κ1) is 25.7. The van der Waals surface area contributed by atoms with Crippen molar-refractivity contribution in [1.29, 1.82) is 5.26 Å². The third-order valence-electron chi connectivity index (χ3n) is 6.68. The fraction of sp³-hybridized carbons (Fsp3) is 0.500. The largest absolute Gasteiger partial charge is 0.388 e. The van der Waals surface area contributed by atoms with Gasteiger partial charge in [0.05, 0.1) is 12.1 Å². The van der Waals surface area contributed by atoms with Crippen LogP contribution in [0.5, 0.6) is 0 Å². The summed E-state index contributed by atoms with van der Waals surface area (Å²) in [5.74, 6) is 0.571. The highest BCUT2D eigenvalue weighted by Crippen LogP contribution is 2.28. The normalized spacial score (nSPS) is 22.9. The van der Waals surface area contributed by atoms with E-state index in [9.17, 15) is 15.5 Å². The molecule has 2 aromatic rings. The maximum atomic E-state index is 11.6. The molecular weight excluding hydrogens is 424 g/mol. The zero-order chi connectivity index (χ0) is 24.3. The fourth-order valence-corrected chi connectivity index (χ4v) is 4.82. The molecule has 3 rings (SSSR count). The number of hydrogen-bond donors (Lipinski definition) is 2. The van der Waals surface area contributed by atoms with Crippen LogP contribution in [0.25, 0.3) is 0 Å². The summed E-state index contributed by atoms with van der Waals surface area (Å²) in [6, 6.07) is 19.3. The van der Waals surface area contributed by atoms with Crippen molar-refractivity contribution in [1.82, 2.24) is 9.80 Å². The third kappa shape index (κ3) is 6.37. The first-order valence-electron chi connectivity index (χ1n) is 12.5. The van der Waals surface area contributed by atoms with Crippen LogP contribution in [-0.4, -0.2) is 63.4 Å². The lowest BCUT2D eigenvalue weighted by atomic mass is 9.91. The molecular formula is C28H38N4O2. The van der Waals surface area contributed by atoms with Crippen molar-refractivity contribution in [3.63, 3.8) is 0 Å². The number of aliphatic imine (C=N–C) groups is 1. The highest BCUT2D eigenvalue weighted by molar-refractivity contribution is 5.82. The Bertz CT molecular complexity index is 861. The monoisotopic (exact) mass is 462 g/mol. The molecule has 0 bridgehead atoms. The van der Waals surface area contributed by atoms with E-state index in [2.05, 4.69) is 28.6 Å². The van der Waals surface area contributed by atoms with Crippen LogP contribution in [0.4, 0.5) is 0 Å². The number of aliphatic hydroxyl groups excluding tert-OH is 2. The van der Waals surface area contributed by atoms with Gasteiger partial charge in [-0.3, -0.25) is 0 Å². The molecule has 1 aliphatic heterocycles. The van der Waals surface area contributed by atoms with Gasteiger partial charge < -0.3 is 20.0 Å². The van der Waals surface area contributed by atoms with Gasteiger partial charge in [0, 0.05) is 13.1 Å². The Labute approximate surface area is 204 Å². The zero-order valence-corrected chi connectivity index (χ0v) is 20.4. The molecule has 4 atom stereocenters. The number of aliphatic hydroxyl groups is 2. The third-order valence-corrected chi connectivity index (χ3v) is 6.68. The van der Waals surface area contributed by atoms with Crippen LogP contribution in [0.15, 0.2) is 65.7 Å². The number of nitriles is 1. The van der Waals surface area contributed by atoms with Gasteiger partial charge in [-0.15, -0.1) is 4.99 Å². The van der Waals surface area contributed by atoms with Gasteiger partial charge in [-0.2, -0.15) is 5.26 Å². The average molecular weight is 463 g/mol. The summed E-state index contributed by atoms with van der Waals surface area (Å²) in [4.78, 5) is 8.47. The van der Waals surface area contributed by atoms with E-state index in [1.807, 2.05) is 66.9 Å². The van der Waals surface area contributed by atoms with Crippen molar-refractivity contribution in [3.8, 4) is 6.19 Å². The number of hydrogen-bond acceptors (Lipinski definition) is 4. The highest BCUT2D eigenvalue weighted by atomic mass is 16.3. The quantitative estimate of drug-likeness (QED) is 0.522. The Morgan fingerprint density at radius 3 is 1.53 bits per heavy atom. The predicted molar refractivity (Wildman–Crippen MR) is 136 cm³/mol. The summed E-state index contributed by atoms with van der Waals surface area (Å²) in [6.07, 6.45) is 4.95. The van der Waals surface area contributed by atoms with Gasteiger partial charge in [-0.05, 0) is 36.8 Å². The standard InChI is InChI=1S/C28H38N4O2/c1-3-5-17-31-24(19-22-13-9-7-10-14-22)26(33)27(34)25(20-23-15-11-8-12-16-23)32(18-6-4-2)28(31)30-21-29/h7-16,24-27,33-34H,3-6,17-20H2,1-2H3/t24-,25-,26+,27+/m1/s1. The molecule has 0 aromatic heterocycles. The first-order chi connectivity index (χ1) is 16.6. The minimum absolute atomic E-state index is 0.388. The summed E-state index contributed by atoms with van der Waals surface area (Å²) in [7, 11) is 0. The van der Waals surface area contributed by atoms with Crippen LogP contribution in [-0.2, 0) is 12.8 Å². The minimum atomic E-state index is -0.985. The van der Waals surface area contributed by atoms with E-state index in [1.165, 1.54) is 0 Å². The molecule has 2 aromatic carbocycles. The van der Waals surface area contributed by atoms with E-state index in [0.29, 0.717) is 31.9 Å². The van der Waals surface area contributed by atoms with Crippen LogP contribution < -0.4 is 0 Å². The van der Waals surface area contributed by atoms with E-state index in [1.54, 1.807) is 0 Å². The first-order valence-corrected chi connectivity index (χ1v) is 12.5. The summed E-state index contributed by atoms with van der Waals surface area (Å²) in [5.41, 5.74) is 2.16. The number of guanidine groups is 1. The van der Waals surface area contributed by atoms with Gasteiger partial charge in [-0.1, -0.05) is 87.4 Å². The Balaban J connectivity index is 2.08. The van der Waals surface area contributed by atoms with Gasteiger partial charge >= 0.3 is 0 Å². The highest BCUT2D eigenvalue weighted by Gasteiger charge is 2.44. The minimum Gasteiger partial charge on any atom is -0.388 e. The van der Waals surface area contributed by atoms with Crippen molar-refractivity contribution < 1.29 is 10.2 Å². The van der Waals surface area contributed by atoms with Crippen LogP contribution >= 0.6 is 0 Å². The van der Waals surface area contributed by atoms with Gasteiger partial charge in [0.15, 0.2) is 0 Å². The lowest BCUT2D eigenvalue weighted by Gasteiger charge is -2.38. The molecule has 1 saturated heterocycles. The molecule has 0 radical (unpaired) electrons. The lowest BCUT2D eigenvalue weighted by Crippen LogP contribution is -2.52. The van der Waals surface area contributed by atoms with Gasteiger partial charge in [0.2, 0.25) is 12.2 Å². The predicted octanol–water partition coefficient (Wildman–Crippen LogP) is 3.99. The average Bonchev–Trinajstić information content (AvgIpc) is 2.93. The molecule has 6 heteroatoms. The van der Waals surface area contributed by atoms with Crippen LogP contribution in [0.2, 0.25) is 0 Å². The smallest absolute Gasteiger partial charge is 0.213 e. The summed E-state index contributed by atoms with van der Waals surface area (Å²) < 4.78 is 0. The van der Waals surface area contributed by atoms with Crippen molar-refractivity contribution in [2.45, 2.75) is 76.7 Å². The van der Waals surface area contributed by atoms with Crippen molar-refractivity contribution in [3.05, 3.63) is 71.8 Å². The second-order valence-electron chi connectivity index (χ2n) is 9.10. The number of nitrogens with zero attached hydrogens (tertiary/aromatic N) is 4. The molecule has 0 saturated carbocycles. The van der Waals surface area contributed by atoms with Crippen molar-refractivity contribution >= 4 is 5.96 Å². The second kappa shape index (κ2) is 13.1. The Hall–Kier alpha value is -2.88. The lowest BCUT2D eigenvalue weighted by molar-refractivity contribution is -0.0396.